The Morgan fingerprint density at radius 1 is 0.905 bits per heavy atom. The fourth-order valence-corrected chi connectivity index (χ4v) is 3.70. The summed E-state index contributed by atoms with van der Waals surface area (Å²) in [4.78, 5) is 2.31. The van der Waals surface area contributed by atoms with Crippen molar-refractivity contribution in [1.82, 2.24) is 0 Å². The van der Waals surface area contributed by atoms with Gasteiger partial charge in [-0.1, -0.05) is 65.8 Å². The summed E-state index contributed by atoms with van der Waals surface area (Å²) in [7, 11) is 0. The van der Waals surface area contributed by atoms with Crippen LogP contribution in [0.25, 0.3) is 10.8 Å². The predicted molar refractivity (Wildman–Crippen MR) is 92.3 cm³/mol. The van der Waals surface area contributed by atoms with Crippen LogP contribution in [0, 0.1) is 0 Å². The Kier molecular flexibility index (Phi) is 4.49. The van der Waals surface area contributed by atoms with Gasteiger partial charge in [0.05, 0.1) is 5.02 Å². The van der Waals surface area contributed by atoms with Crippen molar-refractivity contribution in [1.29, 1.82) is 0 Å². The Hall–Kier alpha value is -1.48. The van der Waals surface area contributed by atoms with Gasteiger partial charge in [0.2, 0.25) is 0 Å². The second-order valence-corrected chi connectivity index (χ2v) is 6.37. The lowest BCUT2D eigenvalue weighted by atomic mass is 10.1. The quantitative estimate of drug-likeness (QED) is 0.721. The molecule has 0 unspecified atom stereocenters. The van der Waals surface area contributed by atoms with E-state index in [0.717, 1.165) is 16.3 Å². The Morgan fingerprint density at radius 2 is 1.71 bits per heavy atom. The van der Waals surface area contributed by atoms with E-state index in [1.54, 1.807) is 11.8 Å². The fourth-order valence-electron chi connectivity index (χ4n) is 2.37. The van der Waals surface area contributed by atoms with Crippen molar-refractivity contribution >= 4 is 34.1 Å². The van der Waals surface area contributed by atoms with Gasteiger partial charge in [-0.05, 0) is 47.5 Å². The molecule has 3 aromatic rings. The molecule has 0 aliphatic heterocycles. The van der Waals surface area contributed by atoms with Crippen LogP contribution in [0.15, 0.2) is 70.5 Å². The average Bonchev–Trinajstić information content (AvgIpc) is 2.51. The molecule has 0 bridgehead atoms. The highest BCUT2D eigenvalue weighted by molar-refractivity contribution is 7.99. The zero-order valence-electron chi connectivity index (χ0n) is 11.6. The van der Waals surface area contributed by atoms with E-state index >= 15 is 0 Å². The minimum Gasteiger partial charge on any atom is -0.330 e. The Labute approximate surface area is 134 Å². The first-order valence-electron chi connectivity index (χ1n) is 6.92. The van der Waals surface area contributed by atoms with Crippen molar-refractivity contribution in [2.45, 2.75) is 16.2 Å². The van der Waals surface area contributed by atoms with Gasteiger partial charge in [0, 0.05) is 9.79 Å². The normalized spacial score (nSPS) is 11.0. The number of nitrogens with two attached hydrogens (primary N) is 1. The molecule has 1 nitrogen and oxygen atoms in total. The van der Waals surface area contributed by atoms with E-state index in [2.05, 4.69) is 48.5 Å². The smallest absolute Gasteiger partial charge is 0.0548 e. The van der Waals surface area contributed by atoms with Gasteiger partial charge in [0.15, 0.2) is 0 Å². The molecule has 2 N–H and O–H groups in total. The lowest BCUT2D eigenvalue weighted by molar-refractivity contribution is 0.944. The molecule has 3 heteroatoms. The van der Waals surface area contributed by atoms with Crippen LogP contribution in [0.4, 0.5) is 0 Å². The van der Waals surface area contributed by atoms with Gasteiger partial charge in [-0.2, -0.15) is 0 Å². The summed E-state index contributed by atoms with van der Waals surface area (Å²) in [5.41, 5.74) is 6.91. The second kappa shape index (κ2) is 6.52. The first kappa shape index (κ1) is 14.5. The molecule has 21 heavy (non-hydrogen) atoms. The van der Waals surface area contributed by atoms with Crippen molar-refractivity contribution in [3.05, 3.63) is 71.2 Å². The van der Waals surface area contributed by atoms with Crippen LogP contribution in [0.3, 0.4) is 0 Å². The third-order valence-corrected chi connectivity index (χ3v) is 5.01. The van der Waals surface area contributed by atoms with Gasteiger partial charge in [-0.3, -0.25) is 0 Å². The van der Waals surface area contributed by atoms with Crippen LogP contribution < -0.4 is 5.73 Å². The summed E-state index contributed by atoms with van der Waals surface area (Å²) in [6, 6.07) is 20.9. The van der Waals surface area contributed by atoms with E-state index < -0.39 is 0 Å². The molecule has 0 saturated carbocycles. The van der Waals surface area contributed by atoms with E-state index in [4.69, 9.17) is 17.3 Å². The number of fused-ring (bicyclic) bond motifs is 1. The first-order valence-corrected chi connectivity index (χ1v) is 8.11. The topological polar surface area (TPSA) is 26.0 Å². The molecule has 0 amide bonds. The molecule has 0 aliphatic carbocycles. The lowest BCUT2D eigenvalue weighted by Gasteiger charge is -2.11. The van der Waals surface area contributed by atoms with Crippen LogP contribution in [0.5, 0.6) is 0 Å². The van der Waals surface area contributed by atoms with Crippen molar-refractivity contribution in [2.24, 2.45) is 5.73 Å². The van der Waals surface area contributed by atoms with E-state index in [1.807, 2.05) is 12.1 Å². The van der Waals surface area contributed by atoms with Crippen LogP contribution in [-0.4, -0.2) is 6.54 Å². The van der Waals surface area contributed by atoms with E-state index in [-0.39, 0.29) is 0 Å². The number of rotatable bonds is 4. The Balaban J connectivity index is 1.98. The highest BCUT2D eigenvalue weighted by Gasteiger charge is 2.09. The van der Waals surface area contributed by atoms with Crippen LogP contribution >= 0.6 is 23.4 Å². The Morgan fingerprint density at radius 3 is 2.52 bits per heavy atom. The summed E-state index contributed by atoms with van der Waals surface area (Å²) in [6.07, 6.45) is 0.844. The van der Waals surface area contributed by atoms with Crippen LogP contribution in [0.1, 0.15) is 5.56 Å². The first-order chi connectivity index (χ1) is 10.3. The highest BCUT2D eigenvalue weighted by Crippen LogP contribution is 2.37. The second-order valence-electron chi connectivity index (χ2n) is 4.88. The molecular weight excluding hydrogens is 298 g/mol. The third kappa shape index (κ3) is 3.24. The van der Waals surface area contributed by atoms with Gasteiger partial charge in [0.25, 0.3) is 0 Å². The summed E-state index contributed by atoms with van der Waals surface area (Å²) in [5.74, 6) is 0. The van der Waals surface area contributed by atoms with Crippen LogP contribution in [-0.2, 0) is 6.42 Å². The fraction of sp³-hybridized carbons (Fsp3) is 0.111. The maximum atomic E-state index is 6.37. The van der Waals surface area contributed by atoms with Gasteiger partial charge in [-0.25, -0.2) is 0 Å². The molecular formula is C18H16ClNS. The zero-order valence-corrected chi connectivity index (χ0v) is 13.1. The molecule has 0 atom stereocenters. The Bertz CT molecular complexity index is 770. The molecule has 0 fully saturated rings. The molecule has 0 saturated heterocycles. The number of halogens is 1. The maximum absolute atomic E-state index is 6.37. The predicted octanol–water partition coefficient (Wildman–Crippen LogP) is 5.15. The van der Waals surface area contributed by atoms with Crippen molar-refractivity contribution in [2.75, 3.05) is 6.54 Å². The molecule has 0 heterocycles. The van der Waals surface area contributed by atoms with Crippen molar-refractivity contribution in [3.8, 4) is 0 Å². The zero-order chi connectivity index (χ0) is 14.7. The molecule has 0 aromatic heterocycles. The van der Waals surface area contributed by atoms with E-state index in [9.17, 15) is 0 Å². The minimum atomic E-state index is 0.631. The van der Waals surface area contributed by atoms with Crippen molar-refractivity contribution in [3.63, 3.8) is 0 Å². The number of hydrogen-bond donors (Lipinski definition) is 1. The molecule has 106 valence electrons. The monoisotopic (exact) mass is 313 g/mol. The van der Waals surface area contributed by atoms with Gasteiger partial charge in [-0.15, -0.1) is 0 Å². The van der Waals surface area contributed by atoms with Crippen LogP contribution in [0.2, 0.25) is 5.02 Å². The summed E-state index contributed by atoms with van der Waals surface area (Å²) < 4.78 is 0. The maximum Gasteiger partial charge on any atom is 0.0548 e. The van der Waals surface area contributed by atoms with Crippen molar-refractivity contribution < 1.29 is 0 Å². The summed E-state index contributed by atoms with van der Waals surface area (Å²) >= 11 is 8.08. The SMILES string of the molecule is NCCc1cccc(Cl)c1Sc1ccc2ccccc2c1. The number of benzene rings is 3. The average molecular weight is 314 g/mol. The third-order valence-electron chi connectivity index (χ3n) is 3.40. The minimum absolute atomic E-state index is 0.631. The van der Waals surface area contributed by atoms with E-state index in [0.29, 0.717) is 6.54 Å². The highest BCUT2D eigenvalue weighted by atomic mass is 35.5. The lowest BCUT2D eigenvalue weighted by Crippen LogP contribution is -2.03. The molecule has 3 rings (SSSR count). The van der Waals surface area contributed by atoms with Gasteiger partial charge in [0.1, 0.15) is 0 Å². The standard InChI is InChI=1S/C18H16ClNS/c19-17-7-3-6-14(10-11-20)18(17)21-16-9-8-13-4-1-2-5-15(13)12-16/h1-9,12H,10-11,20H2. The molecule has 3 aromatic carbocycles. The largest absolute Gasteiger partial charge is 0.330 e. The van der Waals surface area contributed by atoms with Gasteiger partial charge < -0.3 is 5.73 Å². The summed E-state index contributed by atoms with van der Waals surface area (Å²) in [6.45, 7) is 0.631. The summed E-state index contributed by atoms with van der Waals surface area (Å²) in [5, 5.41) is 3.29. The molecule has 0 radical (unpaired) electrons. The van der Waals surface area contributed by atoms with Gasteiger partial charge >= 0.3 is 0 Å². The molecule has 0 aliphatic rings. The number of hydrogen-bond acceptors (Lipinski definition) is 2. The van der Waals surface area contributed by atoms with E-state index in [1.165, 1.54) is 21.2 Å². The molecule has 0 spiro atoms.